The highest BCUT2D eigenvalue weighted by Crippen LogP contribution is 2.43. The number of ether oxygens (including phenoxy) is 2. The molecule has 2 N–H and O–H groups in total. The van der Waals surface area contributed by atoms with Gasteiger partial charge in [0, 0.05) is 4.47 Å². The largest absolute Gasteiger partial charge is 0.490 e. The Morgan fingerprint density at radius 3 is 2.86 bits per heavy atom. The molecule has 1 heterocycles. The molecule has 3 nitrogen and oxygen atoms in total. The van der Waals surface area contributed by atoms with E-state index in [1.807, 2.05) is 18.2 Å². The van der Waals surface area contributed by atoms with Gasteiger partial charge in [-0.25, -0.2) is 0 Å². The Balaban J connectivity index is 1.62. The van der Waals surface area contributed by atoms with Crippen LogP contribution in [0.3, 0.4) is 0 Å². The van der Waals surface area contributed by atoms with Crippen LogP contribution in [0.2, 0.25) is 0 Å². The van der Waals surface area contributed by atoms with Crippen molar-refractivity contribution in [1.82, 2.24) is 0 Å². The molecule has 1 aromatic rings. The van der Waals surface area contributed by atoms with Gasteiger partial charge in [-0.3, -0.25) is 0 Å². The fourth-order valence-electron chi connectivity index (χ4n) is 3.40. The normalized spacial score (nSPS) is 23.6. The van der Waals surface area contributed by atoms with Gasteiger partial charge in [-0.2, -0.15) is 0 Å². The lowest BCUT2D eigenvalue weighted by atomic mass is 9.98. The Morgan fingerprint density at radius 1 is 1.38 bits per heavy atom. The molecule has 1 aliphatic heterocycles. The third-order valence-electron chi connectivity index (χ3n) is 4.49. The Bertz CT molecular complexity index is 543. The molecule has 21 heavy (non-hydrogen) atoms. The molecule has 2 fully saturated rings. The number of halogens is 1. The Hall–Kier alpha value is -0.650. The van der Waals surface area contributed by atoms with E-state index in [1.165, 1.54) is 32.1 Å². The van der Waals surface area contributed by atoms with Crippen molar-refractivity contribution in [2.24, 2.45) is 5.73 Å². The summed E-state index contributed by atoms with van der Waals surface area (Å²) in [5.74, 6) is 0.738. The van der Waals surface area contributed by atoms with Crippen molar-refractivity contribution in [1.29, 1.82) is 0 Å². The van der Waals surface area contributed by atoms with E-state index in [2.05, 4.69) is 15.9 Å². The minimum atomic E-state index is 0.153. The Kier molecular flexibility index (Phi) is 4.52. The van der Waals surface area contributed by atoms with E-state index in [4.69, 9.17) is 27.4 Å². The first-order chi connectivity index (χ1) is 10.1. The molecule has 1 saturated carbocycles. The van der Waals surface area contributed by atoms with Gasteiger partial charge in [-0.05, 0) is 43.9 Å². The van der Waals surface area contributed by atoms with E-state index in [9.17, 15) is 0 Å². The van der Waals surface area contributed by atoms with Crippen LogP contribution in [0.25, 0.3) is 0 Å². The zero-order chi connectivity index (χ0) is 14.9. The van der Waals surface area contributed by atoms with E-state index < -0.39 is 0 Å². The lowest BCUT2D eigenvalue weighted by Gasteiger charge is -2.24. The van der Waals surface area contributed by atoms with Crippen LogP contribution in [-0.2, 0) is 4.74 Å². The summed E-state index contributed by atoms with van der Waals surface area (Å²) in [6.07, 6.45) is 7.45. The molecular weight excluding hydrogens is 350 g/mol. The molecule has 1 spiro atoms. The van der Waals surface area contributed by atoms with Crippen molar-refractivity contribution in [3.05, 3.63) is 28.2 Å². The maximum absolute atomic E-state index is 6.26. The molecule has 2 aliphatic rings. The highest BCUT2D eigenvalue weighted by Gasteiger charge is 2.42. The Labute approximate surface area is 139 Å². The topological polar surface area (TPSA) is 44.5 Å². The fraction of sp³-hybridized carbons (Fsp3) is 0.562. The molecule has 1 unspecified atom stereocenters. The number of nitrogens with two attached hydrogens (primary N) is 1. The van der Waals surface area contributed by atoms with Crippen LogP contribution in [0.5, 0.6) is 5.75 Å². The zero-order valence-corrected chi connectivity index (χ0v) is 14.3. The van der Waals surface area contributed by atoms with Crippen LogP contribution < -0.4 is 10.5 Å². The van der Waals surface area contributed by atoms with Gasteiger partial charge in [0.1, 0.15) is 17.3 Å². The van der Waals surface area contributed by atoms with Crippen molar-refractivity contribution >= 4 is 33.1 Å². The number of thiocarbonyl (C=S) groups is 1. The van der Waals surface area contributed by atoms with Crippen molar-refractivity contribution in [2.75, 3.05) is 6.61 Å². The van der Waals surface area contributed by atoms with Gasteiger partial charge in [-0.15, -0.1) is 0 Å². The maximum atomic E-state index is 6.26. The standard InChI is InChI=1S/C16H20BrNO2S/c17-11-3-4-14(13(9-11)15(18)21)19-10-12-5-8-16(20-12)6-1-2-7-16/h3-4,9,12H,1-2,5-8,10H2,(H2,18,21). The summed E-state index contributed by atoms with van der Waals surface area (Å²) in [7, 11) is 0. The van der Waals surface area contributed by atoms with Gasteiger partial charge in [-0.1, -0.05) is 41.0 Å². The van der Waals surface area contributed by atoms with Crippen molar-refractivity contribution < 1.29 is 9.47 Å². The van der Waals surface area contributed by atoms with Crippen LogP contribution in [-0.4, -0.2) is 23.3 Å². The quantitative estimate of drug-likeness (QED) is 0.815. The molecule has 1 aromatic carbocycles. The summed E-state index contributed by atoms with van der Waals surface area (Å²) >= 11 is 8.51. The fourth-order valence-corrected chi connectivity index (χ4v) is 3.92. The minimum Gasteiger partial charge on any atom is -0.490 e. The molecule has 0 aromatic heterocycles. The molecular formula is C16H20BrNO2S. The lowest BCUT2D eigenvalue weighted by molar-refractivity contribution is -0.0509. The second kappa shape index (κ2) is 6.23. The van der Waals surface area contributed by atoms with E-state index in [0.29, 0.717) is 11.6 Å². The van der Waals surface area contributed by atoms with Gasteiger partial charge in [0.2, 0.25) is 0 Å². The summed E-state index contributed by atoms with van der Waals surface area (Å²) in [5, 5.41) is 0. The van der Waals surface area contributed by atoms with E-state index in [1.54, 1.807) is 0 Å². The summed E-state index contributed by atoms with van der Waals surface area (Å²) < 4.78 is 13.1. The van der Waals surface area contributed by atoms with Gasteiger partial charge in [0.05, 0.1) is 17.3 Å². The number of rotatable bonds is 4. The zero-order valence-electron chi connectivity index (χ0n) is 11.9. The van der Waals surface area contributed by atoms with Crippen molar-refractivity contribution in [3.8, 4) is 5.75 Å². The molecule has 1 atom stereocenters. The van der Waals surface area contributed by atoms with Crippen LogP contribution in [0.1, 0.15) is 44.1 Å². The second-order valence-electron chi connectivity index (χ2n) is 5.98. The van der Waals surface area contributed by atoms with Gasteiger partial charge in [0.25, 0.3) is 0 Å². The molecule has 0 radical (unpaired) electrons. The van der Waals surface area contributed by atoms with Gasteiger partial charge in [0.15, 0.2) is 0 Å². The van der Waals surface area contributed by atoms with E-state index >= 15 is 0 Å². The average molecular weight is 370 g/mol. The average Bonchev–Trinajstić information content (AvgIpc) is 3.08. The maximum Gasteiger partial charge on any atom is 0.129 e. The van der Waals surface area contributed by atoms with E-state index in [-0.39, 0.29) is 11.7 Å². The summed E-state index contributed by atoms with van der Waals surface area (Å²) in [5.41, 5.74) is 6.68. The second-order valence-corrected chi connectivity index (χ2v) is 7.34. The number of hydrogen-bond acceptors (Lipinski definition) is 3. The first kappa shape index (κ1) is 15.3. The first-order valence-electron chi connectivity index (χ1n) is 7.48. The van der Waals surface area contributed by atoms with Gasteiger partial charge >= 0.3 is 0 Å². The van der Waals surface area contributed by atoms with E-state index in [0.717, 1.165) is 22.2 Å². The molecule has 1 aliphatic carbocycles. The van der Waals surface area contributed by atoms with Crippen LogP contribution in [0.4, 0.5) is 0 Å². The highest BCUT2D eigenvalue weighted by molar-refractivity contribution is 9.10. The van der Waals surface area contributed by atoms with Crippen LogP contribution in [0, 0.1) is 0 Å². The monoisotopic (exact) mass is 369 g/mol. The SMILES string of the molecule is NC(=S)c1cc(Br)ccc1OCC1CCC2(CCCC2)O1. The smallest absolute Gasteiger partial charge is 0.129 e. The van der Waals surface area contributed by atoms with Crippen molar-refractivity contribution in [2.45, 2.75) is 50.2 Å². The summed E-state index contributed by atoms with van der Waals surface area (Å²) in [6, 6.07) is 5.73. The highest BCUT2D eigenvalue weighted by atomic mass is 79.9. The predicted molar refractivity (Wildman–Crippen MR) is 90.8 cm³/mol. The lowest BCUT2D eigenvalue weighted by Crippen LogP contribution is -2.27. The van der Waals surface area contributed by atoms with Gasteiger partial charge < -0.3 is 15.2 Å². The third-order valence-corrected chi connectivity index (χ3v) is 5.20. The molecule has 5 heteroatoms. The molecule has 114 valence electrons. The molecule has 0 bridgehead atoms. The van der Waals surface area contributed by atoms with Crippen molar-refractivity contribution in [3.63, 3.8) is 0 Å². The molecule has 3 rings (SSSR count). The Morgan fingerprint density at radius 2 is 2.14 bits per heavy atom. The first-order valence-corrected chi connectivity index (χ1v) is 8.68. The molecule has 0 amide bonds. The van der Waals surface area contributed by atoms with Crippen LogP contribution >= 0.6 is 28.1 Å². The minimum absolute atomic E-state index is 0.153. The van der Waals surface area contributed by atoms with Crippen LogP contribution in [0.15, 0.2) is 22.7 Å². The molecule has 1 saturated heterocycles. The number of benzene rings is 1. The summed E-state index contributed by atoms with van der Waals surface area (Å²) in [6.45, 7) is 0.568. The predicted octanol–water partition coefficient (Wildman–Crippen LogP) is 3.95. The number of hydrogen-bond donors (Lipinski definition) is 1. The third kappa shape index (κ3) is 3.41. The summed E-state index contributed by atoms with van der Waals surface area (Å²) in [4.78, 5) is 0.353.